The van der Waals surface area contributed by atoms with Gasteiger partial charge in [0.25, 0.3) is 0 Å². The van der Waals surface area contributed by atoms with Crippen LogP contribution in [0.15, 0.2) is 0 Å². The standard InChI is InChI=1S/C13H23NO3/c1-13(2)5-3-10(4-6-13)17-12(15)11-9-16-8-7-14-11/h10-11,14H,3-9H2,1-2H3. The Bertz CT molecular complexity index is 262. The summed E-state index contributed by atoms with van der Waals surface area (Å²) in [6.07, 6.45) is 4.37. The van der Waals surface area contributed by atoms with Gasteiger partial charge in [0.2, 0.25) is 0 Å². The number of hydrogen-bond donors (Lipinski definition) is 1. The van der Waals surface area contributed by atoms with Gasteiger partial charge in [-0.2, -0.15) is 0 Å². The van der Waals surface area contributed by atoms with Crippen molar-refractivity contribution in [3.05, 3.63) is 0 Å². The Kier molecular flexibility index (Phi) is 4.05. The summed E-state index contributed by atoms with van der Waals surface area (Å²) in [6, 6.07) is -0.265. The fourth-order valence-electron chi connectivity index (χ4n) is 2.45. The normalized spacial score (nSPS) is 29.9. The highest BCUT2D eigenvalue weighted by Crippen LogP contribution is 2.36. The van der Waals surface area contributed by atoms with Crippen LogP contribution in [0, 0.1) is 5.41 Å². The van der Waals surface area contributed by atoms with Crippen molar-refractivity contribution in [1.82, 2.24) is 5.32 Å². The highest BCUT2D eigenvalue weighted by molar-refractivity contribution is 5.76. The van der Waals surface area contributed by atoms with Crippen molar-refractivity contribution in [3.63, 3.8) is 0 Å². The quantitative estimate of drug-likeness (QED) is 0.744. The van der Waals surface area contributed by atoms with E-state index >= 15 is 0 Å². The maximum Gasteiger partial charge on any atom is 0.325 e. The lowest BCUT2D eigenvalue weighted by molar-refractivity contribution is -0.157. The van der Waals surface area contributed by atoms with Crippen LogP contribution in [-0.4, -0.2) is 37.9 Å². The SMILES string of the molecule is CC1(C)CCC(OC(=O)C2COCCN2)CC1. The monoisotopic (exact) mass is 241 g/mol. The van der Waals surface area contributed by atoms with E-state index in [0.29, 0.717) is 18.6 Å². The van der Waals surface area contributed by atoms with Gasteiger partial charge >= 0.3 is 5.97 Å². The number of ether oxygens (including phenoxy) is 2. The van der Waals surface area contributed by atoms with Crippen LogP contribution in [0.3, 0.4) is 0 Å². The van der Waals surface area contributed by atoms with E-state index in [1.165, 1.54) is 0 Å². The summed E-state index contributed by atoms with van der Waals surface area (Å²) in [5.74, 6) is -0.144. The molecule has 1 saturated carbocycles. The Balaban J connectivity index is 1.75. The van der Waals surface area contributed by atoms with E-state index in [0.717, 1.165) is 32.2 Å². The average Bonchev–Trinajstić information content (AvgIpc) is 2.33. The first-order valence-corrected chi connectivity index (χ1v) is 6.58. The van der Waals surface area contributed by atoms with E-state index in [-0.39, 0.29) is 18.1 Å². The highest BCUT2D eigenvalue weighted by Gasteiger charge is 2.31. The molecule has 0 spiro atoms. The molecule has 0 aromatic heterocycles. The molecular formula is C13H23NO3. The predicted molar refractivity (Wildman–Crippen MR) is 64.7 cm³/mol. The lowest BCUT2D eigenvalue weighted by Gasteiger charge is -2.34. The molecule has 2 rings (SSSR count). The van der Waals surface area contributed by atoms with Gasteiger partial charge in [0.15, 0.2) is 0 Å². The summed E-state index contributed by atoms with van der Waals surface area (Å²) in [6.45, 7) is 6.42. The molecule has 1 unspecified atom stereocenters. The van der Waals surface area contributed by atoms with Crippen LogP contribution >= 0.6 is 0 Å². The van der Waals surface area contributed by atoms with Crippen molar-refractivity contribution in [1.29, 1.82) is 0 Å². The van der Waals surface area contributed by atoms with E-state index < -0.39 is 0 Å². The minimum atomic E-state index is -0.265. The van der Waals surface area contributed by atoms with E-state index in [9.17, 15) is 4.79 Å². The number of rotatable bonds is 2. The zero-order chi connectivity index (χ0) is 12.3. The van der Waals surface area contributed by atoms with Crippen LogP contribution in [0.4, 0.5) is 0 Å². The molecule has 1 atom stereocenters. The first-order chi connectivity index (χ1) is 8.07. The van der Waals surface area contributed by atoms with Crippen molar-refractivity contribution in [2.75, 3.05) is 19.8 Å². The fourth-order valence-corrected chi connectivity index (χ4v) is 2.45. The minimum Gasteiger partial charge on any atom is -0.461 e. The Morgan fingerprint density at radius 3 is 2.65 bits per heavy atom. The van der Waals surface area contributed by atoms with Gasteiger partial charge in [-0.3, -0.25) is 4.79 Å². The summed E-state index contributed by atoms with van der Waals surface area (Å²) >= 11 is 0. The molecule has 0 bridgehead atoms. The minimum absolute atomic E-state index is 0.110. The van der Waals surface area contributed by atoms with Gasteiger partial charge in [-0.1, -0.05) is 13.8 Å². The van der Waals surface area contributed by atoms with Crippen LogP contribution in [0.1, 0.15) is 39.5 Å². The summed E-state index contributed by atoms with van der Waals surface area (Å²) < 4.78 is 10.8. The number of esters is 1. The third kappa shape index (κ3) is 3.68. The molecule has 98 valence electrons. The van der Waals surface area contributed by atoms with Crippen LogP contribution in [-0.2, 0) is 14.3 Å². The third-order valence-electron chi connectivity index (χ3n) is 3.78. The summed E-state index contributed by atoms with van der Waals surface area (Å²) in [5, 5.41) is 3.13. The number of hydrogen-bond acceptors (Lipinski definition) is 4. The molecule has 1 heterocycles. The summed E-state index contributed by atoms with van der Waals surface area (Å²) in [7, 11) is 0. The van der Waals surface area contributed by atoms with Crippen LogP contribution in [0.5, 0.6) is 0 Å². The van der Waals surface area contributed by atoms with E-state index in [2.05, 4.69) is 19.2 Å². The molecule has 2 aliphatic rings. The van der Waals surface area contributed by atoms with Gasteiger partial charge in [-0.25, -0.2) is 0 Å². The summed E-state index contributed by atoms with van der Waals surface area (Å²) in [4.78, 5) is 11.9. The summed E-state index contributed by atoms with van der Waals surface area (Å²) in [5.41, 5.74) is 0.412. The second-order valence-electron chi connectivity index (χ2n) is 5.88. The molecule has 1 aliphatic heterocycles. The van der Waals surface area contributed by atoms with Crippen molar-refractivity contribution < 1.29 is 14.3 Å². The Morgan fingerprint density at radius 1 is 1.35 bits per heavy atom. The van der Waals surface area contributed by atoms with Crippen LogP contribution < -0.4 is 5.32 Å². The van der Waals surface area contributed by atoms with Gasteiger partial charge in [0.1, 0.15) is 12.1 Å². The van der Waals surface area contributed by atoms with Gasteiger partial charge in [0, 0.05) is 6.54 Å². The molecule has 1 N–H and O–H groups in total. The Hall–Kier alpha value is -0.610. The molecule has 17 heavy (non-hydrogen) atoms. The van der Waals surface area contributed by atoms with Crippen LogP contribution in [0.2, 0.25) is 0 Å². The van der Waals surface area contributed by atoms with Crippen LogP contribution in [0.25, 0.3) is 0 Å². The Labute approximate surface area is 103 Å². The molecule has 0 aromatic rings. The zero-order valence-corrected chi connectivity index (χ0v) is 10.8. The topological polar surface area (TPSA) is 47.6 Å². The molecule has 1 saturated heterocycles. The molecule has 1 aliphatic carbocycles. The zero-order valence-electron chi connectivity index (χ0n) is 10.8. The first kappa shape index (κ1) is 12.8. The second kappa shape index (κ2) is 5.36. The van der Waals surface area contributed by atoms with Crippen molar-refractivity contribution in [3.8, 4) is 0 Å². The number of carbonyl (C=O) groups is 1. The maximum atomic E-state index is 11.9. The van der Waals surface area contributed by atoms with Gasteiger partial charge in [-0.05, 0) is 31.1 Å². The van der Waals surface area contributed by atoms with E-state index in [1.807, 2.05) is 0 Å². The lowest BCUT2D eigenvalue weighted by atomic mass is 9.76. The van der Waals surface area contributed by atoms with Gasteiger partial charge < -0.3 is 14.8 Å². The molecule has 0 radical (unpaired) electrons. The largest absolute Gasteiger partial charge is 0.461 e. The lowest BCUT2D eigenvalue weighted by Crippen LogP contribution is -2.48. The highest BCUT2D eigenvalue weighted by atomic mass is 16.5. The molecule has 2 fully saturated rings. The number of morpholine rings is 1. The third-order valence-corrected chi connectivity index (χ3v) is 3.78. The molecule has 4 heteroatoms. The van der Waals surface area contributed by atoms with E-state index in [4.69, 9.17) is 9.47 Å². The van der Waals surface area contributed by atoms with Gasteiger partial charge in [0.05, 0.1) is 13.2 Å². The van der Waals surface area contributed by atoms with E-state index in [1.54, 1.807) is 0 Å². The van der Waals surface area contributed by atoms with Crippen molar-refractivity contribution in [2.24, 2.45) is 5.41 Å². The molecule has 4 nitrogen and oxygen atoms in total. The number of carbonyl (C=O) groups excluding carboxylic acids is 1. The van der Waals surface area contributed by atoms with Gasteiger partial charge in [-0.15, -0.1) is 0 Å². The Morgan fingerprint density at radius 2 is 2.06 bits per heavy atom. The first-order valence-electron chi connectivity index (χ1n) is 6.58. The smallest absolute Gasteiger partial charge is 0.325 e. The number of nitrogens with one attached hydrogen (secondary N) is 1. The predicted octanol–water partition coefficient (Wildman–Crippen LogP) is 1.49. The fraction of sp³-hybridized carbons (Fsp3) is 0.923. The average molecular weight is 241 g/mol. The second-order valence-corrected chi connectivity index (χ2v) is 5.88. The van der Waals surface area contributed by atoms with Crippen molar-refractivity contribution in [2.45, 2.75) is 51.7 Å². The maximum absolute atomic E-state index is 11.9. The molecule has 0 aromatic carbocycles. The van der Waals surface area contributed by atoms with Crippen molar-refractivity contribution >= 4 is 5.97 Å². The molecule has 0 amide bonds. The molecular weight excluding hydrogens is 218 g/mol.